The van der Waals surface area contributed by atoms with Gasteiger partial charge in [0.25, 0.3) is 0 Å². The lowest BCUT2D eigenvalue weighted by molar-refractivity contribution is 0.179. The van der Waals surface area contributed by atoms with Crippen molar-refractivity contribution in [3.63, 3.8) is 0 Å². The third kappa shape index (κ3) is 2.99. The Bertz CT molecular complexity index is 413. The SMILES string of the molecule is OC(Cc1cncs1)c1ccc(I)cc1. The maximum atomic E-state index is 9.96. The van der Waals surface area contributed by atoms with Crippen LogP contribution in [0.25, 0.3) is 0 Å². The lowest BCUT2D eigenvalue weighted by Crippen LogP contribution is -2.00. The molecule has 1 aromatic heterocycles. The predicted molar refractivity (Wildman–Crippen MR) is 69.9 cm³/mol. The predicted octanol–water partition coefficient (Wildman–Crippen LogP) is 3.02. The Kier molecular flexibility index (Phi) is 3.71. The summed E-state index contributed by atoms with van der Waals surface area (Å²) in [6, 6.07) is 7.94. The molecule has 0 fully saturated rings. The Balaban J connectivity index is 2.08. The van der Waals surface area contributed by atoms with Crippen molar-refractivity contribution >= 4 is 33.9 Å². The Morgan fingerprint density at radius 1 is 1.33 bits per heavy atom. The Morgan fingerprint density at radius 2 is 2.07 bits per heavy atom. The molecule has 0 aliphatic carbocycles. The Labute approximate surface area is 106 Å². The maximum absolute atomic E-state index is 9.96. The van der Waals surface area contributed by atoms with Gasteiger partial charge in [-0.05, 0) is 40.3 Å². The van der Waals surface area contributed by atoms with Gasteiger partial charge in [-0.2, -0.15) is 0 Å². The molecule has 1 atom stereocenters. The molecule has 0 saturated heterocycles. The van der Waals surface area contributed by atoms with Crippen molar-refractivity contribution in [3.05, 3.63) is 50.0 Å². The van der Waals surface area contributed by atoms with Gasteiger partial charge in [0.15, 0.2) is 0 Å². The second kappa shape index (κ2) is 5.05. The molecular weight excluding hydrogens is 321 g/mol. The van der Waals surface area contributed by atoms with Crippen LogP contribution in [0.1, 0.15) is 16.5 Å². The zero-order chi connectivity index (χ0) is 10.7. The second-order valence-corrected chi connectivity index (χ2v) is 5.46. The highest BCUT2D eigenvalue weighted by atomic mass is 127. The van der Waals surface area contributed by atoms with Crippen molar-refractivity contribution in [2.45, 2.75) is 12.5 Å². The van der Waals surface area contributed by atoms with Gasteiger partial charge in [-0.3, -0.25) is 4.98 Å². The molecule has 0 aliphatic heterocycles. The first kappa shape index (κ1) is 11.0. The first-order valence-electron chi connectivity index (χ1n) is 4.56. The molecule has 0 radical (unpaired) electrons. The van der Waals surface area contributed by atoms with Crippen molar-refractivity contribution in [2.75, 3.05) is 0 Å². The third-order valence-electron chi connectivity index (χ3n) is 2.13. The van der Waals surface area contributed by atoms with Gasteiger partial charge in [0, 0.05) is 21.1 Å². The van der Waals surface area contributed by atoms with Crippen LogP contribution in [0.2, 0.25) is 0 Å². The van der Waals surface area contributed by atoms with E-state index >= 15 is 0 Å². The molecule has 2 aromatic rings. The molecule has 1 unspecified atom stereocenters. The van der Waals surface area contributed by atoms with E-state index in [2.05, 4.69) is 27.6 Å². The van der Waals surface area contributed by atoms with E-state index in [1.165, 1.54) is 3.57 Å². The van der Waals surface area contributed by atoms with Crippen LogP contribution in [-0.2, 0) is 6.42 Å². The van der Waals surface area contributed by atoms with Crippen LogP contribution in [-0.4, -0.2) is 10.1 Å². The van der Waals surface area contributed by atoms with Crippen LogP contribution >= 0.6 is 33.9 Å². The highest BCUT2D eigenvalue weighted by molar-refractivity contribution is 14.1. The average Bonchev–Trinajstić information content (AvgIpc) is 2.71. The van der Waals surface area contributed by atoms with Crippen molar-refractivity contribution < 1.29 is 5.11 Å². The molecule has 0 spiro atoms. The van der Waals surface area contributed by atoms with Crippen LogP contribution in [0.5, 0.6) is 0 Å². The quantitative estimate of drug-likeness (QED) is 0.877. The molecule has 2 rings (SSSR count). The first-order chi connectivity index (χ1) is 7.25. The number of rotatable bonds is 3. The number of hydrogen-bond acceptors (Lipinski definition) is 3. The van der Waals surface area contributed by atoms with Gasteiger partial charge in [-0.1, -0.05) is 12.1 Å². The number of halogens is 1. The normalized spacial score (nSPS) is 12.7. The lowest BCUT2D eigenvalue weighted by Gasteiger charge is -2.09. The molecule has 0 amide bonds. The van der Waals surface area contributed by atoms with Crippen LogP contribution in [0.4, 0.5) is 0 Å². The van der Waals surface area contributed by atoms with E-state index in [0.717, 1.165) is 10.4 Å². The van der Waals surface area contributed by atoms with E-state index in [1.54, 1.807) is 23.0 Å². The van der Waals surface area contributed by atoms with Gasteiger partial charge in [-0.25, -0.2) is 0 Å². The molecule has 15 heavy (non-hydrogen) atoms. The number of thiazole rings is 1. The largest absolute Gasteiger partial charge is 0.388 e. The van der Waals surface area contributed by atoms with E-state index in [0.29, 0.717) is 6.42 Å². The number of aliphatic hydroxyl groups is 1. The average molecular weight is 331 g/mol. The topological polar surface area (TPSA) is 33.1 Å². The molecule has 1 N–H and O–H groups in total. The summed E-state index contributed by atoms with van der Waals surface area (Å²) < 4.78 is 1.18. The zero-order valence-corrected chi connectivity index (χ0v) is 10.9. The van der Waals surface area contributed by atoms with E-state index in [4.69, 9.17) is 0 Å². The third-order valence-corrected chi connectivity index (χ3v) is 3.65. The number of nitrogens with zero attached hydrogens (tertiary/aromatic N) is 1. The molecule has 2 nitrogen and oxygen atoms in total. The number of hydrogen-bond donors (Lipinski definition) is 1. The van der Waals surface area contributed by atoms with Crippen molar-refractivity contribution in [2.24, 2.45) is 0 Å². The standard InChI is InChI=1S/C11H10INOS/c12-9-3-1-8(2-4-9)11(14)5-10-6-13-7-15-10/h1-4,6-7,11,14H,5H2. The summed E-state index contributed by atoms with van der Waals surface area (Å²) in [7, 11) is 0. The molecule has 4 heteroatoms. The fraction of sp³-hybridized carbons (Fsp3) is 0.182. The summed E-state index contributed by atoms with van der Waals surface area (Å²) in [5.74, 6) is 0. The first-order valence-corrected chi connectivity index (χ1v) is 6.52. The molecular formula is C11H10INOS. The number of benzene rings is 1. The van der Waals surface area contributed by atoms with E-state index < -0.39 is 6.10 Å². The highest BCUT2D eigenvalue weighted by Gasteiger charge is 2.09. The van der Waals surface area contributed by atoms with Crippen LogP contribution in [0.15, 0.2) is 36.0 Å². The molecule has 0 saturated carbocycles. The fourth-order valence-electron chi connectivity index (χ4n) is 1.34. The van der Waals surface area contributed by atoms with Crippen LogP contribution in [0.3, 0.4) is 0 Å². The van der Waals surface area contributed by atoms with Crippen molar-refractivity contribution in [1.29, 1.82) is 0 Å². The van der Waals surface area contributed by atoms with E-state index in [1.807, 2.05) is 24.3 Å². The minimum atomic E-state index is -0.428. The van der Waals surface area contributed by atoms with Crippen molar-refractivity contribution in [3.8, 4) is 0 Å². The van der Waals surface area contributed by atoms with Gasteiger partial charge in [0.2, 0.25) is 0 Å². The fourth-order valence-corrected chi connectivity index (χ4v) is 2.33. The lowest BCUT2D eigenvalue weighted by atomic mass is 10.1. The molecule has 0 aliphatic rings. The Hall–Kier alpha value is -0.460. The smallest absolute Gasteiger partial charge is 0.0838 e. The number of aromatic nitrogens is 1. The second-order valence-electron chi connectivity index (χ2n) is 3.24. The van der Waals surface area contributed by atoms with E-state index in [-0.39, 0.29) is 0 Å². The minimum Gasteiger partial charge on any atom is -0.388 e. The molecule has 1 heterocycles. The zero-order valence-electron chi connectivity index (χ0n) is 7.93. The minimum absolute atomic E-state index is 0.428. The summed E-state index contributed by atoms with van der Waals surface area (Å²) in [6.45, 7) is 0. The summed E-state index contributed by atoms with van der Waals surface area (Å²) in [5.41, 5.74) is 2.75. The van der Waals surface area contributed by atoms with Crippen LogP contribution in [0, 0.1) is 3.57 Å². The van der Waals surface area contributed by atoms with Gasteiger partial charge < -0.3 is 5.11 Å². The van der Waals surface area contributed by atoms with Gasteiger partial charge in [0.1, 0.15) is 0 Å². The van der Waals surface area contributed by atoms with Gasteiger partial charge in [0.05, 0.1) is 11.6 Å². The number of aliphatic hydroxyl groups excluding tert-OH is 1. The highest BCUT2D eigenvalue weighted by Crippen LogP contribution is 2.20. The molecule has 0 bridgehead atoms. The summed E-state index contributed by atoms with van der Waals surface area (Å²) >= 11 is 3.83. The molecule has 78 valence electrons. The van der Waals surface area contributed by atoms with Crippen LogP contribution < -0.4 is 0 Å². The van der Waals surface area contributed by atoms with Gasteiger partial charge >= 0.3 is 0 Å². The maximum Gasteiger partial charge on any atom is 0.0838 e. The Morgan fingerprint density at radius 3 is 2.67 bits per heavy atom. The monoisotopic (exact) mass is 331 g/mol. The summed E-state index contributed by atoms with van der Waals surface area (Å²) in [5, 5.41) is 9.96. The molecule has 1 aromatic carbocycles. The van der Waals surface area contributed by atoms with Gasteiger partial charge in [-0.15, -0.1) is 11.3 Å². The summed E-state index contributed by atoms with van der Waals surface area (Å²) in [6.07, 6.45) is 2.02. The summed E-state index contributed by atoms with van der Waals surface area (Å²) in [4.78, 5) is 5.10. The van der Waals surface area contributed by atoms with E-state index in [9.17, 15) is 5.11 Å². The van der Waals surface area contributed by atoms with Crippen molar-refractivity contribution in [1.82, 2.24) is 4.98 Å².